The molecule has 178 valence electrons. The topological polar surface area (TPSA) is 0 Å². The highest BCUT2D eigenvalue weighted by molar-refractivity contribution is 7.27. The second-order valence-electron chi connectivity index (χ2n) is 11.2. The van der Waals surface area contributed by atoms with E-state index in [1.54, 1.807) is 0 Å². The van der Waals surface area contributed by atoms with Crippen molar-refractivity contribution in [3.63, 3.8) is 0 Å². The molecule has 1 aliphatic rings. The van der Waals surface area contributed by atoms with Gasteiger partial charge in [0.15, 0.2) is 0 Å². The Hall–Kier alpha value is -4.20. The minimum Gasteiger partial charge on any atom is -0.134 e. The number of hydrogen-bond donors (Lipinski definition) is 0. The molecule has 1 aliphatic carbocycles. The van der Waals surface area contributed by atoms with Crippen molar-refractivity contribution in [2.24, 2.45) is 0 Å². The quantitative estimate of drug-likeness (QED) is 0.182. The van der Waals surface area contributed by atoms with E-state index in [0.717, 1.165) is 0 Å². The fraction of sp³-hybridized carbons (Fsp3) is 0.0811. The van der Waals surface area contributed by atoms with Crippen molar-refractivity contribution >= 4 is 74.6 Å². The molecule has 0 amide bonds. The standard InChI is InChI=1S/C37H24S/c1-37(2)30-18-10-9-13-23(30)28-19-20-29-32-27-17-8-7-16-26(27)31-24-14-5-3-11-21(24)22-12-4-6-15-25(22)33(31)36(32)38-35(29)34(28)37/h3-20H,1-2H3. The van der Waals surface area contributed by atoms with E-state index in [9.17, 15) is 0 Å². The third kappa shape index (κ3) is 2.37. The van der Waals surface area contributed by atoms with Crippen LogP contribution >= 0.6 is 11.3 Å². The zero-order valence-corrected chi connectivity index (χ0v) is 22.1. The van der Waals surface area contributed by atoms with Gasteiger partial charge < -0.3 is 0 Å². The predicted octanol–water partition coefficient (Wildman–Crippen LogP) is 11.0. The van der Waals surface area contributed by atoms with Crippen LogP contribution in [0, 0.1) is 0 Å². The van der Waals surface area contributed by atoms with Crippen LogP contribution in [0.1, 0.15) is 25.0 Å². The van der Waals surface area contributed by atoms with E-state index in [2.05, 4.69) is 123 Å². The molecule has 9 rings (SSSR count). The van der Waals surface area contributed by atoms with Crippen LogP contribution in [0.5, 0.6) is 0 Å². The van der Waals surface area contributed by atoms with Crippen LogP contribution in [0.4, 0.5) is 0 Å². The molecule has 0 saturated carbocycles. The molecule has 0 spiro atoms. The molecule has 0 radical (unpaired) electrons. The van der Waals surface area contributed by atoms with Gasteiger partial charge in [-0.15, -0.1) is 11.3 Å². The third-order valence-corrected chi connectivity index (χ3v) is 10.2. The molecule has 0 unspecified atom stereocenters. The van der Waals surface area contributed by atoms with Gasteiger partial charge in [0.2, 0.25) is 0 Å². The Balaban J connectivity index is 1.61. The van der Waals surface area contributed by atoms with E-state index in [0.29, 0.717) is 0 Å². The van der Waals surface area contributed by atoms with E-state index in [1.807, 2.05) is 11.3 Å². The first-order valence-electron chi connectivity index (χ1n) is 13.4. The van der Waals surface area contributed by atoms with Crippen LogP contribution in [-0.4, -0.2) is 0 Å². The van der Waals surface area contributed by atoms with Crippen molar-refractivity contribution < 1.29 is 0 Å². The zero-order chi connectivity index (χ0) is 25.2. The Kier molecular flexibility index (Phi) is 3.84. The SMILES string of the molecule is CC1(C)c2ccccc2-c2ccc3c(sc4c3c3ccccc3c3c5ccccc5c5ccccc5c43)c21. The summed E-state index contributed by atoms with van der Waals surface area (Å²) >= 11 is 2.01. The number of thiophene rings is 1. The molecule has 0 fully saturated rings. The first kappa shape index (κ1) is 20.8. The predicted molar refractivity (Wildman–Crippen MR) is 167 cm³/mol. The van der Waals surface area contributed by atoms with Crippen LogP contribution in [0.3, 0.4) is 0 Å². The fourth-order valence-electron chi connectivity index (χ4n) is 7.42. The summed E-state index contributed by atoms with van der Waals surface area (Å²) in [6.45, 7) is 4.81. The summed E-state index contributed by atoms with van der Waals surface area (Å²) in [5.74, 6) is 0. The Morgan fingerprint density at radius 1 is 0.421 bits per heavy atom. The summed E-state index contributed by atoms with van der Waals surface area (Å²) in [5, 5.41) is 13.6. The number of rotatable bonds is 0. The van der Waals surface area contributed by atoms with Gasteiger partial charge in [-0.1, -0.05) is 123 Å². The normalized spacial score (nSPS) is 14.3. The maximum atomic E-state index is 2.40. The van der Waals surface area contributed by atoms with Crippen LogP contribution in [0.25, 0.3) is 74.4 Å². The van der Waals surface area contributed by atoms with Crippen molar-refractivity contribution in [1.29, 1.82) is 0 Å². The lowest BCUT2D eigenvalue weighted by Gasteiger charge is -2.22. The molecule has 0 N–H and O–H groups in total. The highest BCUT2D eigenvalue weighted by Crippen LogP contribution is 2.56. The van der Waals surface area contributed by atoms with Crippen LogP contribution in [0.15, 0.2) is 109 Å². The molecule has 1 heteroatoms. The van der Waals surface area contributed by atoms with Crippen LogP contribution in [0.2, 0.25) is 0 Å². The molecule has 1 aromatic heterocycles. The Morgan fingerprint density at radius 3 is 1.63 bits per heavy atom. The second kappa shape index (κ2) is 7.01. The Labute approximate surface area is 224 Å². The first-order chi connectivity index (χ1) is 18.6. The van der Waals surface area contributed by atoms with Gasteiger partial charge in [-0.3, -0.25) is 0 Å². The maximum Gasteiger partial charge on any atom is 0.0446 e. The monoisotopic (exact) mass is 500 g/mol. The lowest BCUT2D eigenvalue weighted by Crippen LogP contribution is -2.14. The smallest absolute Gasteiger partial charge is 0.0446 e. The molecule has 38 heavy (non-hydrogen) atoms. The molecule has 0 bridgehead atoms. The summed E-state index contributed by atoms with van der Waals surface area (Å²) in [6, 6.07) is 40.8. The van der Waals surface area contributed by atoms with E-state index >= 15 is 0 Å². The van der Waals surface area contributed by atoms with Gasteiger partial charge in [0.25, 0.3) is 0 Å². The molecule has 0 aliphatic heterocycles. The minimum atomic E-state index is -0.0350. The summed E-state index contributed by atoms with van der Waals surface area (Å²) < 4.78 is 2.85. The zero-order valence-electron chi connectivity index (χ0n) is 21.3. The molecule has 0 atom stereocenters. The molecular formula is C37H24S. The molecule has 0 nitrogen and oxygen atoms in total. The highest BCUT2D eigenvalue weighted by Gasteiger charge is 2.37. The van der Waals surface area contributed by atoms with E-state index in [4.69, 9.17) is 0 Å². The first-order valence-corrected chi connectivity index (χ1v) is 14.2. The number of hydrogen-bond acceptors (Lipinski definition) is 1. The van der Waals surface area contributed by atoms with E-state index in [1.165, 1.54) is 85.5 Å². The van der Waals surface area contributed by atoms with Gasteiger partial charge in [-0.05, 0) is 60.0 Å². The molecule has 0 saturated heterocycles. The highest BCUT2D eigenvalue weighted by atomic mass is 32.1. The number of benzene rings is 7. The van der Waals surface area contributed by atoms with Crippen LogP contribution in [-0.2, 0) is 5.41 Å². The lowest BCUT2D eigenvalue weighted by atomic mass is 9.82. The van der Waals surface area contributed by atoms with E-state index in [-0.39, 0.29) is 5.41 Å². The van der Waals surface area contributed by atoms with Gasteiger partial charge in [0.05, 0.1) is 0 Å². The van der Waals surface area contributed by atoms with Gasteiger partial charge in [-0.2, -0.15) is 0 Å². The van der Waals surface area contributed by atoms with Crippen molar-refractivity contribution in [1.82, 2.24) is 0 Å². The Bertz CT molecular complexity index is 2310. The summed E-state index contributed by atoms with van der Waals surface area (Å²) in [4.78, 5) is 0. The van der Waals surface area contributed by atoms with Crippen molar-refractivity contribution in [3.8, 4) is 11.1 Å². The van der Waals surface area contributed by atoms with E-state index < -0.39 is 0 Å². The maximum absolute atomic E-state index is 2.40. The van der Waals surface area contributed by atoms with Gasteiger partial charge in [-0.25, -0.2) is 0 Å². The van der Waals surface area contributed by atoms with Crippen molar-refractivity contribution in [2.45, 2.75) is 19.3 Å². The minimum absolute atomic E-state index is 0.0350. The summed E-state index contributed by atoms with van der Waals surface area (Å²) in [6.07, 6.45) is 0. The van der Waals surface area contributed by atoms with Gasteiger partial charge >= 0.3 is 0 Å². The largest absolute Gasteiger partial charge is 0.134 e. The van der Waals surface area contributed by atoms with Crippen LogP contribution < -0.4 is 0 Å². The lowest BCUT2D eigenvalue weighted by molar-refractivity contribution is 0.667. The summed E-state index contributed by atoms with van der Waals surface area (Å²) in [7, 11) is 0. The molecule has 7 aromatic carbocycles. The summed E-state index contributed by atoms with van der Waals surface area (Å²) in [5.41, 5.74) is 5.67. The fourth-order valence-corrected chi connectivity index (χ4v) is 9.01. The van der Waals surface area contributed by atoms with Crippen molar-refractivity contribution in [3.05, 3.63) is 120 Å². The van der Waals surface area contributed by atoms with Crippen molar-refractivity contribution in [2.75, 3.05) is 0 Å². The number of fused-ring (bicyclic) bond motifs is 17. The Morgan fingerprint density at radius 2 is 0.947 bits per heavy atom. The molecular weight excluding hydrogens is 476 g/mol. The van der Waals surface area contributed by atoms with Gasteiger partial charge in [0, 0.05) is 31.0 Å². The second-order valence-corrected chi connectivity index (χ2v) is 12.2. The molecule has 8 aromatic rings. The third-order valence-electron chi connectivity index (χ3n) is 9.00. The average molecular weight is 501 g/mol. The average Bonchev–Trinajstić information content (AvgIpc) is 3.46. The van der Waals surface area contributed by atoms with Gasteiger partial charge in [0.1, 0.15) is 0 Å². The molecule has 1 heterocycles.